The molecule has 0 N–H and O–H groups in total. The van der Waals surface area contributed by atoms with Crippen molar-refractivity contribution in [3.05, 3.63) is 64.4 Å². The first-order valence-electron chi connectivity index (χ1n) is 9.64. The van der Waals surface area contributed by atoms with E-state index in [0.717, 1.165) is 16.5 Å². The van der Waals surface area contributed by atoms with Crippen LogP contribution in [-0.2, 0) is 20.9 Å². The van der Waals surface area contributed by atoms with Crippen LogP contribution in [-0.4, -0.2) is 53.2 Å². The van der Waals surface area contributed by atoms with Gasteiger partial charge in [-0.3, -0.25) is 19.3 Å². The van der Waals surface area contributed by atoms with Crippen LogP contribution in [0, 0.1) is 17.1 Å². The van der Waals surface area contributed by atoms with Crippen molar-refractivity contribution in [2.24, 2.45) is 0 Å². The molecule has 2 aliphatic heterocycles. The lowest BCUT2D eigenvalue weighted by Crippen LogP contribution is -2.69. The van der Waals surface area contributed by atoms with Crippen LogP contribution in [0.4, 0.5) is 10.1 Å². The van der Waals surface area contributed by atoms with Gasteiger partial charge in [-0.2, -0.15) is 5.26 Å². The summed E-state index contributed by atoms with van der Waals surface area (Å²) in [6.07, 6.45) is 0.895. The first-order valence-corrected chi connectivity index (χ1v) is 10.0. The summed E-state index contributed by atoms with van der Waals surface area (Å²) >= 11 is 5.95. The van der Waals surface area contributed by atoms with Crippen molar-refractivity contribution >= 4 is 35.5 Å². The van der Waals surface area contributed by atoms with Gasteiger partial charge < -0.3 is 9.80 Å². The van der Waals surface area contributed by atoms with Crippen LogP contribution in [0.3, 0.4) is 0 Å². The molecule has 4 rings (SSSR count). The number of rotatable bonds is 4. The second kappa shape index (κ2) is 8.00. The van der Waals surface area contributed by atoms with Gasteiger partial charge in [-0.15, -0.1) is 0 Å². The number of hydrogen-bond acceptors (Lipinski definition) is 4. The number of nitrogens with zero attached hydrogens (tertiary/aromatic N) is 4. The molecule has 31 heavy (non-hydrogen) atoms. The molecule has 0 bridgehead atoms. The summed E-state index contributed by atoms with van der Waals surface area (Å²) in [7, 11) is 0. The number of carbonyl (C=O) groups excluding carboxylic acids is 3. The molecule has 9 heteroatoms. The summed E-state index contributed by atoms with van der Waals surface area (Å²) in [5, 5.41) is 9.52. The summed E-state index contributed by atoms with van der Waals surface area (Å²) in [4.78, 5) is 42.3. The molecular weight excluding hydrogens is 423 g/mol. The van der Waals surface area contributed by atoms with E-state index in [1.54, 1.807) is 24.3 Å². The lowest BCUT2D eigenvalue weighted by Gasteiger charge is -2.47. The number of amides is 3. The van der Waals surface area contributed by atoms with Crippen LogP contribution in [0.25, 0.3) is 0 Å². The molecule has 3 amide bonds. The number of benzene rings is 2. The van der Waals surface area contributed by atoms with Gasteiger partial charge >= 0.3 is 0 Å². The summed E-state index contributed by atoms with van der Waals surface area (Å²) in [5.41, 5.74) is -0.458. The zero-order chi connectivity index (χ0) is 22.2. The minimum atomic E-state index is -1.30. The van der Waals surface area contributed by atoms with Gasteiger partial charge in [0.2, 0.25) is 12.3 Å². The molecule has 2 heterocycles. The van der Waals surface area contributed by atoms with Gasteiger partial charge in [0.25, 0.3) is 5.91 Å². The van der Waals surface area contributed by atoms with E-state index >= 15 is 0 Å². The quantitative estimate of drug-likeness (QED) is 0.683. The molecule has 0 aliphatic carbocycles. The fourth-order valence-electron chi connectivity index (χ4n) is 4.21. The SMILES string of the molecule is N#Cc1ccc(N2CC(=O)N(Cc3ccc(Cl)cc3)[C@]3(CCN(C=O)C3)C2=O)c(F)c1. The second-order valence-corrected chi connectivity index (χ2v) is 8.07. The molecular formula is C22H18ClFN4O3. The maximum Gasteiger partial charge on any atom is 0.255 e. The summed E-state index contributed by atoms with van der Waals surface area (Å²) in [6.45, 7) is 0.169. The van der Waals surface area contributed by atoms with Crippen molar-refractivity contribution in [1.29, 1.82) is 5.26 Å². The Morgan fingerprint density at radius 3 is 2.55 bits per heavy atom. The topological polar surface area (TPSA) is 84.7 Å². The van der Waals surface area contributed by atoms with Crippen molar-refractivity contribution in [1.82, 2.24) is 9.80 Å². The molecule has 158 valence electrons. The molecule has 0 saturated carbocycles. The van der Waals surface area contributed by atoms with E-state index in [1.807, 2.05) is 6.07 Å². The zero-order valence-electron chi connectivity index (χ0n) is 16.4. The van der Waals surface area contributed by atoms with E-state index in [-0.39, 0.29) is 43.2 Å². The third-order valence-electron chi connectivity index (χ3n) is 5.80. The average molecular weight is 441 g/mol. The Balaban J connectivity index is 1.73. The van der Waals surface area contributed by atoms with Crippen LogP contribution in [0.5, 0.6) is 0 Å². The smallest absolute Gasteiger partial charge is 0.255 e. The molecule has 1 atom stereocenters. The highest BCUT2D eigenvalue weighted by Crippen LogP contribution is 2.37. The van der Waals surface area contributed by atoms with Gasteiger partial charge in [0, 0.05) is 18.1 Å². The van der Waals surface area contributed by atoms with Crippen molar-refractivity contribution in [3.63, 3.8) is 0 Å². The van der Waals surface area contributed by atoms with Crippen molar-refractivity contribution in [2.75, 3.05) is 24.5 Å². The first-order chi connectivity index (χ1) is 14.9. The summed E-state index contributed by atoms with van der Waals surface area (Å²) < 4.78 is 14.7. The molecule has 2 aromatic rings. The van der Waals surface area contributed by atoms with E-state index in [9.17, 15) is 18.8 Å². The van der Waals surface area contributed by atoms with Gasteiger partial charge in [-0.05, 0) is 42.3 Å². The van der Waals surface area contributed by atoms with E-state index in [1.165, 1.54) is 21.9 Å². The van der Waals surface area contributed by atoms with E-state index < -0.39 is 17.3 Å². The Bertz CT molecular complexity index is 1100. The Labute approximate surface area is 183 Å². The normalized spacial score (nSPS) is 21.0. The molecule has 2 saturated heterocycles. The number of halogens is 2. The number of likely N-dealkylation sites (tertiary alicyclic amines) is 1. The molecule has 0 aromatic heterocycles. The van der Waals surface area contributed by atoms with Crippen molar-refractivity contribution in [3.8, 4) is 6.07 Å². The van der Waals surface area contributed by atoms with E-state index in [0.29, 0.717) is 18.0 Å². The minimum Gasteiger partial charge on any atom is -0.342 e. The third-order valence-corrected chi connectivity index (χ3v) is 6.05. The summed E-state index contributed by atoms with van der Waals surface area (Å²) in [5.74, 6) is -1.56. The van der Waals surface area contributed by atoms with Crippen molar-refractivity contribution in [2.45, 2.75) is 18.5 Å². The van der Waals surface area contributed by atoms with E-state index in [2.05, 4.69) is 0 Å². The predicted octanol–water partition coefficient (Wildman–Crippen LogP) is 2.33. The Hall–Kier alpha value is -3.44. The number of anilines is 1. The van der Waals surface area contributed by atoms with Crippen LogP contribution < -0.4 is 4.90 Å². The molecule has 0 radical (unpaired) electrons. The van der Waals surface area contributed by atoms with Crippen LogP contribution in [0.2, 0.25) is 5.02 Å². The van der Waals surface area contributed by atoms with Gasteiger partial charge in [-0.25, -0.2) is 4.39 Å². The molecule has 0 unspecified atom stereocenters. The standard InChI is InChI=1S/C22H18ClFN4O3/c23-17-4-1-15(2-5-17)11-28-20(30)12-27(19-6-3-16(10-25)9-18(19)24)21(31)22(28)7-8-26(13-22)14-29/h1-6,9,14H,7-8,11-13H2/t22-/m0/s1. The minimum absolute atomic E-state index is 0.0308. The first kappa shape index (κ1) is 20.8. The van der Waals surface area contributed by atoms with Crippen LogP contribution >= 0.6 is 11.6 Å². The summed E-state index contributed by atoms with van der Waals surface area (Å²) in [6, 6.07) is 12.5. The number of carbonyl (C=O) groups is 3. The number of piperazine rings is 1. The molecule has 2 aromatic carbocycles. The Morgan fingerprint density at radius 2 is 1.94 bits per heavy atom. The van der Waals surface area contributed by atoms with Gasteiger partial charge in [0.05, 0.1) is 23.9 Å². The Morgan fingerprint density at radius 1 is 1.19 bits per heavy atom. The zero-order valence-corrected chi connectivity index (χ0v) is 17.2. The van der Waals surface area contributed by atoms with Crippen LogP contribution in [0.1, 0.15) is 17.5 Å². The third kappa shape index (κ3) is 3.62. The van der Waals surface area contributed by atoms with E-state index in [4.69, 9.17) is 16.9 Å². The second-order valence-electron chi connectivity index (χ2n) is 7.63. The van der Waals surface area contributed by atoms with Gasteiger partial charge in [0.15, 0.2) is 0 Å². The largest absolute Gasteiger partial charge is 0.342 e. The average Bonchev–Trinajstić information content (AvgIpc) is 3.21. The van der Waals surface area contributed by atoms with Gasteiger partial charge in [-0.1, -0.05) is 23.7 Å². The molecule has 2 aliphatic rings. The molecule has 1 spiro atoms. The highest BCUT2D eigenvalue weighted by molar-refractivity contribution is 6.30. The number of nitriles is 1. The van der Waals surface area contributed by atoms with Crippen LogP contribution in [0.15, 0.2) is 42.5 Å². The molecule has 7 nitrogen and oxygen atoms in total. The fraction of sp³-hybridized carbons (Fsp3) is 0.273. The fourth-order valence-corrected chi connectivity index (χ4v) is 4.33. The lowest BCUT2D eigenvalue weighted by molar-refractivity contribution is -0.151. The predicted molar refractivity (Wildman–Crippen MR) is 110 cm³/mol. The lowest BCUT2D eigenvalue weighted by atomic mass is 9.90. The maximum atomic E-state index is 14.7. The van der Waals surface area contributed by atoms with Crippen molar-refractivity contribution < 1.29 is 18.8 Å². The Kier molecular flexibility index (Phi) is 5.38. The molecule has 2 fully saturated rings. The highest BCUT2D eigenvalue weighted by atomic mass is 35.5. The highest BCUT2D eigenvalue weighted by Gasteiger charge is 2.56. The van der Waals surface area contributed by atoms with Gasteiger partial charge in [0.1, 0.15) is 17.9 Å². The maximum absolute atomic E-state index is 14.7. The number of hydrogen-bond donors (Lipinski definition) is 0. The monoisotopic (exact) mass is 440 g/mol.